The number of anilines is 2. The number of nitrogens with one attached hydrogen (secondary N) is 3. The van der Waals surface area contributed by atoms with Crippen LogP contribution in [0.5, 0.6) is 0 Å². The van der Waals surface area contributed by atoms with Gasteiger partial charge in [-0.15, -0.1) is 0 Å². The van der Waals surface area contributed by atoms with Gasteiger partial charge >= 0.3 is 0 Å². The van der Waals surface area contributed by atoms with E-state index in [-0.39, 0.29) is 17.9 Å². The molecule has 0 saturated carbocycles. The van der Waals surface area contributed by atoms with Crippen molar-refractivity contribution in [3.05, 3.63) is 89.7 Å². The average molecular weight is 431 g/mol. The summed E-state index contributed by atoms with van der Waals surface area (Å²) in [5.74, 6) is -0.329. The van der Waals surface area contributed by atoms with Crippen molar-refractivity contribution >= 4 is 23.2 Å². The molecule has 2 amide bonds. The molecule has 164 valence electrons. The van der Waals surface area contributed by atoms with Gasteiger partial charge in [0.15, 0.2) is 0 Å². The van der Waals surface area contributed by atoms with E-state index in [2.05, 4.69) is 20.9 Å². The fraction of sp³-hybridized carbons (Fsp3) is 0.240. The van der Waals surface area contributed by atoms with E-state index in [1.54, 1.807) is 12.3 Å². The van der Waals surface area contributed by atoms with Crippen LogP contribution in [-0.2, 0) is 22.6 Å². The van der Waals surface area contributed by atoms with E-state index in [1.165, 1.54) is 0 Å². The molecule has 1 aliphatic rings. The molecule has 7 nitrogen and oxygen atoms in total. The number of rotatable bonds is 8. The molecule has 2 aromatic carbocycles. The maximum absolute atomic E-state index is 12.4. The largest absolute Gasteiger partial charge is 0.381 e. The van der Waals surface area contributed by atoms with Crippen LogP contribution in [0.3, 0.4) is 0 Å². The molecule has 3 N–H and O–H groups in total. The monoisotopic (exact) mass is 430 g/mol. The second kappa shape index (κ2) is 10.5. The van der Waals surface area contributed by atoms with Gasteiger partial charge in [0.1, 0.15) is 11.8 Å². The first kappa shape index (κ1) is 21.5. The van der Waals surface area contributed by atoms with E-state index in [0.717, 1.165) is 35.3 Å². The van der Waals surface area contributed by atoms with Crippen LogP contribution in [-0.4, -0.2) is 29.5 Å². The fourth-order valence-corrected chi connectivity index (χ4v) is 3.50. The minimum atomic E-state index is -0.361. The quantitative estimate of drug-likeness (QED) is 0.506. The highest BCUT2D eigenvalue weighted by atomic mass is 16.5. The van der Waals surface area contributed by atoms with Crippen LogP contribution >= 0.6 is 0 Å². The molecule has 4 rings (SSSR count). The summed E-state index contributed by atoms with van der Waals surface area (Å²) in [4.78, 5) is 28.9. The van der Waals surface area contributed by atoms with Crippen LogP contribution in [0, 0.1) is 0 Å². The Morgan fingerprint density at radius 2 is 1.78 bits per heavy atom. The van der Waals surface area contributed by atoms with Crippen molar-refractivity contribution < 1.29 is 14.3 Å². The van der Waals surface area contributed by atoms with Crippen molar-refractivity contribution in [3.8, 4) is 0 Å². The molecule has 0 bridgehead atoms. The number of pyridine rings is 1. The Balaban J connectivity index is 1.32. The van der Waals surface area contributed by atoms with E-state index in [1.807, 2.05) is 60.7 Å². The summed E-state index contributed by atoms with van der Waals surface area (Å²) in [5, 5.41) is 9.11. The maximum atomic E-state index is 12.4. The standard InChI is InChI=1S/C25H26N4O3/c30-24(28-16-18-6-2-1-3-7-18)22-15-20(11-12-26-22)27-17-19-8-4-9-21(14-19)29-25(31)23-10-5-13-32-23/h1-4,6-9,11-12,14-15,23H,5,10,13,16-17H2,(H,26,27)(H,28,30)(H,29,31). The minimum Gasteiger partial charge on any atom is -0.381 e. The summed E-state index contributed by atoms with van der Waals surface area (Å²) in [5.41, 5.74) is 3.91. The normalized spacial score (nSPS) is 15.2. The second-order valence-electron chi connectivity index (χ2n) is 7.64. The number of carbonyl (C=O) groups is 2. The molecule has 1 unspecified atom stereocenters. The van der Waals surface area contributed by atoms with Gasteiger partial charge in [0.25, 0.3) is 11.8 Å². The molecule has 0 spiro atoms. The summed E-state index contributed by atoms with van der Waals surface area (Å²) in [6, 6.07) is 20.9. The molecule has 1 fully saturated rings. The lowest BCUT2D eigenvalue weighted by molar-refractivity contribution is -0.124. The Bertz CT molecular complexity index is 1070. The Morgan fingerprint density at radius 3 is 2.59 bits per heavy atom. The summed E-state index contributed by atoms with van der Waals surface area (Å²) in [6.07, 6.45) is 2.93. The number of amides is 2. The highest BCUT2D eigenvalue weighted by Crippen LogP contribution is 2.17. The summed E-state index contributed by atoms with van der Waals surface area (Å²) in [6.45, 7) is 1.63. The fourth-order valence-electron chi connectivity index (χ4n) is 3.50. The Morgan fingerprint density at radius 1 is 0.938 bits per heavy atom. The van der Waals surface area contributed by atoms with Gasteiger partial charge < -0.3 is 20.7 Å². The third-order valence-electron chi connectivity index (χ3n) is 5.20. The van der Waals surface area contributed by atoms with E-state index in [0.29, 0.717) is 25.4 Å². The molecular formula is C25H26N4O3. The van der Waals surface area contributed by atoms with Gasteiger partial charge in [0.2, 0.25) is 0 Å². The molecule has 1 atom stereocenters. The second-order valence-corrected chi connectivity index (χ2v) is 7.64. The van der Waals surface area contributed by atoms with Crippen molar-refractivity contribution in [1.82, 2.24) is 10.3 Å². The zero-order valence-corrected chi connectivity index (χ0v) is 17.7. The van der Waals surface area contributed by atoms with Gasteiger partial charge in [0.05, 0.1) is 0 Å². The third kappa shape index (κ3) is 5.92. The first-order valence-electron chi connectivity index (χ1n) is 10.7. The molecule has 3 aromatic rings. The maximum Gasteiger partial charge on any atom is 0.270 e. The topological polar surface area (TPSA) is 92.4 Å². The van der Waals surface area contributed by atoms with Crippen molar-refractivity contribution in [3.63, 3.8) is 0 Å². The van der Waals surface area contributed by atoms with E-state index in [4.69, 9.17) is 4.74 Å². The lowest BCUT2D eigenvalue weighted by Crippen LogP contribution is -2.26. The van der Waals surface area contributed by atoms with Crippen molar-refractivity contribution in [1.29, 1.82) is 0 Å². The number of carbonyl (C=O) groups excluding carboxylic acids is 2. The first-order chi connectivity index (χ1) is 15.7. The van der Waals surface area contributed by atoms with Gasteiger partial charge in [-0.05, 0) is 48.2 Å². The van der Waals surface area contributed by atoms with Gasteiger partial charge in [-0.25, -0.2) is 0 Å². The third-order valence-corrected chi connectivity index (χ3v) is 5.20. The minimum absolute atomic E-state index is 0.104. The molecule has 0 aliphatic carbocycles. The van der Waals surface area contributed by atoms with E-state index in [9.17, 15) is 9.59 Å². The molecule has 7 heteroatoms. The average Bonchev–Trinajstić information content (AvgIpc) is 3.38. The summed E-state index contributed by atoms with van der Waals surface area (Å²) in [7, 11) is 0. The Hall–Kier alpha value is -3.71. The molecule has 0 radical (unpaired) electrons. The number of nitrogens with zero attached hydrogens (tertiary/aromatic N) is 1. The first-order valence-corrected chi connectivity index (χ1v) is 10.7. The number of aromatic nitrogens is 1. The number of ether oxygens (including phenoxy) is 1. The highest BCUT2D eigenvalue weighted by molar-refractivity contribution is 5.94. The van der Waals surface area contributed by atoms with E-state index < -0.39 is 0 Å². The predicted molar refractivity (Wildman–Crippen MR) is 123 cm³/mol. The van der Waals surface area contributed by atoms with Crippen LogP contribution < -0.4 is 16.0 Å². The molecule has 32 heavy (non-hydrogen) atoms. The SMILES string of the molecule is O=C(NCc1ccccc1)c1cc(NCc2cccc(NC(=O)C3CCCO3)c2)ccn1. The predicted octanol–water partition coefficient (Wildman–Crippen LogP) is 3.74. The van der Waals surface area contributed by atoms with Crippen LogP contribution in [0.25, 0.3) is 0 Å². The smallest absolute Gasteiger partial charge is 0.270 e. The van der Waals surface area contributed by atoms with Crippen LogP contribution in [0.1, 0.15) is 34.5 Å². The number of hydrogen-bond donors (Lipinski definition) is 3. The molecule has 1 aliphatic heterocycles. The zero-order valence-electron chi connectivity index (χ0n) is 17.7. The number of benzene rings is 2. The lowest BCUT2D eigenvalue weighted by atomic mass is 10.1. The van der Waals surface area contributed by atoms with Crippen molar-refractivity contribution in [2.45, 2.75) is 32.0 Å². The van der Waals surface area contributed by atoms with Gasteiger partial charge in [-0.1, -0.05) is 42.5 Å². The summed E-state index contributed by atoms with van der Waals surface area (Å²) >= 11 is 0. The van der Waals surface area contributed by atoms with Gasteiger partial charge in [0, 0.05) is 37.3 Å². The highest BCUT2D eigenvalue weighted by Gasteiger charge is 2.23. The van der Waals surface area contributed by atoms with Gasteiger partial charge in [-0.3, -0.25) is 14.6 Å². The Kier molecular flexibility index (Phi) is 7.09. The molecular weight excluding hydrogens is 404 g/mol. The lowest BCUT2D eigenvalue weighted by Gasteiger charge is -2.12. The molecule has 1 saturated heterocycles. The van der Waals surface area contributed by atoms with Crippen LogP contribution in [0.2, 0.25) is 0 Å². The molecule has 1 aromatic heterocycles. The molecule has 2 heterocycles. The summed E-state index contributed by atoms with van der Waals surface area (Å²) < 4.78 is 5.43. The zero-order chi connectivity index (χ0) is 22.2. The van der Waals surface area contributed by atoms with E-state index >= 15 is 0 Å². The van der Waals surface area contributed by atoms with Crippen molar-refractivity contribution in [2.75, 3.05) is 17.2 Å². The Labute approximate surface area is 187 Å². The van der Waals surface area contributed by atoms with Gasteiger partial charge in [-0.2, -0.15) is 0 Å². The van der Waals surface area contributed by atoms with Crippen LogP contribution in [0.15, 0.2) is 72.9 Å². The van der Waals surface area contributed by atoms with Crippen molar-refractivity contribution in [2.24, 2.45) is 0 Å². The number of hydrogen-bond acceptors (Lipinski definition) is 5. The van der Waals surface area contributed by atoms with Crippen LogP contribution in [0.4, 0.5) is 11.4 Å².